The van der Waals surface area contributed by atoms with E-state index in [4.69, 9.17) is 15.8 Å². The van der Waals surface area contributed by atoms with Crippen LogP contribution < -0.4 is 0 Å². The van der Waals surface area contributed by atoms with E-state index in [-0.39, 0.29) is 33.9 Å². The fourth-order valence-electron chi connectivity index (χ4n) is 3.79. The number of amides is 1. The number of nitrogens with zero attached hydrogens (tertiary/aromatic N) is 1. The van der Waals surface area contributed by atoms with Gasteiger partial charge in [0.1, 0.15) is 24.0 Å². The Morgan fingerprint density at radius 2 is 1.93 bits per heavy atom. The lowest BCUT2D eigenvalue weighted by Crippen LogP contribution is -2.50. The maximum atomic E-state index is 13.5. The van der Waals surface area contributed by atoms with Gasteiger partial charge < -0.3 is 4.90 Å². The van der Waals surface area contributed by atoms with Gasteiger partial charge in [0.05, 0.1) is 18.5 Å². The predicted octanol–water partition coefficient (Wildman–Crippen LogP) is 6.14. The van der Waals surface area contributed by atoms with E-state index in [2.05, 4.69) is 62.0 Å². The van der Waals surface area contributed by atoms with E-state index in [9.17, 15) is 4.79 Å². The van der Waals surface area contributed by atoms with Gasteiger partial charge in [-0.2, -0.15) is 4.18 Å². The molecule has 1 unspecified atom stereocenters. The monoisotopic (exact) mass is 510 g/mol. The van der Waals surface area contributed by atoms with Gasteiger partial charge >= 0.3 is 0 Å². The van der Waals surface area contributed by atoms with Crippen molar-refractivity contribution < 1.29 is 8.98 Å². The molecule has 0 N–H and O–H groups in total. The minimum absolute atomic E-state index is 0.0153. The van der Waals surface area contributed by atoms with Crippen LogP contribution in [0.15, 0.2) is 46.9 Å². The molecule has 0 fully saturated rings. The Kier molecular flexibility index (Phi) is 7.60. The highest BCUT2D eigenvalue weighted by atomic mass is 79.9. The number of halogens is 2. The molecular formula is C24H30BrClNO2S+. The Hall–Kier alpha value is -1.01. The van der Waals surface area contributed by atoms with Crippen molar-refractivity contribution in [1.82, 2.24) is 4.90 Å². The topological polar surface area (TPSA) is 29.5 Å². The highest BCUT2D eigenvalue weighted by Crippen LogP contribution is 2.37. The van der Waals surface area contributed by atoms with E-state index >= 15 is 0 Å². The number of carbonyl (C=O) groups is 1. The van der Waals surface area contributed by atoms with Gasteiger partial charge in [0, 0.05) is 9.50 Å². The molecule has 6 heteroatoms. The van der Waals surface area contributed by atoms with Gasteiger partial charge in [-0.05, 0) is 62.9 Å². The zero-order valence-corrected chi connectivity index (χ0v) is 21.4. The Morgan fingerprint density at radius 3 is 2.60 bits per heavy atom. The first-order chi connectivity index (χ1) is 14.1. The third kappa shape index (κ3) is 5.24. The van der Waals surface area contributed by atoms with Gasteiger partial charge in [0.25, 0.3) is 0 Å². The van der Waals surface area contributed by atoms with E-state index in [1.807, 2.05) is 35.2 Å². The minimum Gasteiger partial charge on any atom is -0.330 e. The first-order valence-corrected chi connectivity index (χ1v) is 12.9. The number of hydrogen-bond acceptors (Lipinski definition) is 2. The van der Waals surface area contributed by atoms with Gasteiger partial charge in [0.15, 0.2) is 4.75 Å². The molecule has 3 rings (SSSR count). The summed E-state index contributed by atoms with van der Waals surface area (Å²) in [4.78, 5) is 15.5. The molecule has 0 aromatic heterocycles. The highest BCUT2D eigenvalue weighted by molar-refractivity contribution is 9.10. The molecule has 0 bridgehead atoms. The summed E-state index contributed by atoms with van der Waals surface area (Å²) in [6, 6.07) is 13.8. The van der Waals surface area contributed by atoms with E-state index in [1.165, 1.54) is 11.1 Å². The van der Waals surface area contributed by atoms with E-state index < -0.39 is 0 Å². The fraction of sp³-hybridized carbons (Fsp3) is 0.458. The summed E-state index contributed by atoms with van der Waals surface area (Å²) >= 11 is 9.84. The molecule has 3 nitrogen and oxygen atoms in total. The standard InChI is InChI=1S/C24H30BrClNO2S/c1-16-19-10-8-11-21(25)20(19)14-18(15-29-30(5)24(2,3)4)27(16)23(28)13-17-9-6-7-12-22(17)26/h6-12,16,18H,13-15H2,1-5H3/q+1/t16-,18+,30?/m0/s1. The molecule has 0 aliphatic carbocycles. The second-order valence-electron chi connectivity index (χ2n) is 8.76. The Balaban J connectivity index is 1.89. The molecule has 0 spiro atoms. The van der Waals surface area contributed by atoms with Gasteiger partial charge in [-0.3, -0.25) is 4.79 Å². The van der Waals surface area contributed by atoms with Crippen molar-refractivity contribution in [2.45, 2.75) is 57.4 Å². The van der Waals surface area contributed by atoms with Crippen LogP contribution in [-0.2, 0) is 33.0 Å². The molecular weight excluding hydrogens is 482 g/mol. The maximum Gasteiger partial charge on any atom is 0.227 e. The zero-order valence-electron chi connectivity index (χ0n) is 18.2. The van der Waals surface area contributed by atoms with Crippen molar-refractivity contribution in [2.75, 3.05) is 12.9 Å². The SMILES string of the molecule is C[C@H]1c2cccc(Br)c2C[C@H](CO[S+](C)C(C)(C)C)N1C(=O)Cc1ccccc1Cl. The number of fused-ring (bicyclic) bond motifs is 1. The van der Waals surface area contributed by atoms with Crippen LogP contribution in [0.4, 0.5) is 0 Å². The molecule has 2 aromatic carbocycles. The normalized spacial score (nSPS) is 20.0. The van der Waals surface area contributed by atoms with E-state index in [0.29, 0.717) is 18.1 Å². The minimum atomic E-state index is -0.204. The third-order valence-electron chi connectivity index (χ3n) is 5.74. The van der Waals surface area contributed by atoms with Crippen LogP contribution in [-0.4, -0.2) is 34.5 Å². The van der Waals surface area contributed by atoms with Crippen molar-refractivity contribution in [3.8, 4) is 0 Å². The fourth-order valence-corrected chi connectivity index (χ4v) is 5.26. The largest absolute Gasteiger partial charge is 0.330 e. The smallest absolute Gasteiger partial charge is 0.227 e. The molecule has 1 amide bonds. The van der Waals surface area contributed by atoms with Crippen molar-refractivity contribution in [2.24, 2.45) is 0 Å². The number of hydrogen-bond donors (Lipinski definition) is 0. The lowest BCUT2D eigenvalue weighted by atomic mass is 9.88. The molecule has 0 radical (unpaired) electrons. The number of benzene rings is 2. The summed E-state index contributed by atoms with van der Waals surface area (Å²) in [6.45, 7) is 9.19. The lowest BCUT2D eigenvalue weighted by molar-refractivity contribution is -0.136. The summed E-state index contributed by atoms with van der Waals surface area (Å²) in [6.07, 6.45) is 3.20. The summed E-state index contributed by atoms with van der Waals surface area (Å²) in [5.74, 6) is 0.0848. The zero-order chi connectivity index (χ0) is 22.1. The second-order valence-corrected chi connectivity index (χ2v) is 12.4. The second kappa shape index (κ2) is 9.64. The molecule has 0 saturated heterocycles. The molecule has 2 aromatic rings. The Morgan fingerprint density at radius 1 is 1.23 bits per heavy atom. The van der Waals surface area contributed by atoms with Crippen LogP contribution >= 0.6 is 27.5 Å². The summed E-state index contributed by atoms with van der Waals surface area (Å²) in [5.41, 5.74) is 3.33. The molecule has 1 heterocycles. The first kappa shape index (κ1) is 23.6. The summed E-state index contributed by atoms with van der Waals surface area (Å²) < 4.78 is 7.47. The van der Waals surface area contributed by atoms with E-state index in [1.54, 1.807) is 0 Å². The summed E-state index contributed by atoms with van der Waals surface area (Å²) in [7, 11) is 0. The van der Waals surface area contributed by atoms with Crippen LogP contribution in [0.5, 0.6) is 0 Å². The quantitative estimate of drug-likeness (QED) is 0.451. The molecule has 1 aliphatic rings. The van der Waals surface area contributed by atoms with Crippen molar-refractivity contribution in [3.05, 3.63) is 68.7 Å². The molecule has 162 valence electrons. The van der Waals surface area contributed by atoms with Crippen molar-refractivity contribution >= 4 is 44.6 Å². The number of carbonyl (C=O) groups excluding carboxylic acids is 1. The van der Waals surface area contributed by atoms with Gasteiger partial charge in [-0.25, -0.2) is 0 Å². The Bertz CT molecular complexity index is 914. The van der Waals surface area contributed by atoms with Crippen LogP contribution in [0.1, 0.15) is 50.4 Å². The van der Waals surface area contributed by atoms with Gasteiger partial charge in [-0.15, -0.1) is 0 Å². The molecule has 30 heavy (non-hydrogen) atoms. The van der Waals surface area contributed by atoms with Gasteiger partial charge in [-0.1, -0.05) is 57.9 Å². The average Bonchev–Trinajstić information content (AvgIpc) is 2.68. The maximum absolute atomic E-state index is 13.5. The molecule has 0 saturated carbocycles. The molecule has 1 aliphatic heterocycles. The van der Waals surface area contributed by atoms with Crippen LogP contribution in [0.2, 0.25) is 5.02 Å². The van der Waals surface area contributed by atoms with Crippen LogP contribution in [0, 0.1) is 0 Å². The highest BCUT2D eigenvalue weighted by Gasteiger charge is 2.39. The lowest BCUT2D eigenvalue weighted by Gasteiger charge is -2.42. The van der Waals surface area contributed by atoms with Crippen LogP contribution in [0.3, 0.4) is 0 Å². The molecule has 3 atom stereocenters. The van der Waals surface area contributed by atoms with Crippen molar-refractivity contribution in [1.29, 1.82) is 0 Å². The van der Waals surface area contributed by atoms with Crippen LogP contribution in [0.25, 0.3) is 0 Å². The van der Waals surface area contributed by atoms with Crippen molar-refractivity contribution in [3.63, 3.8) is 0 Å². The third-order valence-corrected chi connectivity index (χ3v) is 9.07. The van der Waals surface area contributed by atoms with Gasteiger partial charge in [0.2, 0.25) is 5.91 Å². The number of rotatable bonds is 5. The average molecular weight is 512 g/mol. The summed E-state index contributed by atoms with van der Waals surface area (Å²) in [5, 5.41) is 0.634. The first-order valence-electron chi connectivity index (χ1n) is 10.2. The predicted molar refractivity (Wildman–Crippen MR) is 131 cm³/mol. The van der Waals surface area contributed by atoms with E-state index in [0.717, 1.165) is 16.5 Å². The Labute approximate surface area is 196 Å².